The van der Waals surface area contributed by atoms with Gasteiger partial charge in [-0.05, 0) is 30.7 Å². The average molecular weight is 429 g/mol. The van der Waals surface area contributed by atoms with E-state index in [1.165, 1.54) is 4.90 Å². The Bertz CT molecular complexity index is 852. The van der Waals surface area contributed by atoms with Crippen LogP contribution in [0.3, 0.4) is 0 Å². The number of quaternary nitrogens is 1. The van der Waals surface area contributed by atoms with Gasteiger partial charge < -0.3 is 24.6 Å². The van der Waals surface area contributed by atoms with Gasteiger partial charge in [0.15, 0.2) is 18.1 Å². The molecule has 160 valence electrons. The molecule has 6 nitrogen and oxygen atoms in total. The van der Waals surface area contributed by atoms with Crippen LogP contribution < -0.4 is 19.7 Å². The smallest absolute Gasteiger partial charge is 0.258 e. The first-order valence-corrected chi connectivity index (χ1v) is 10.8. The number of nitrogens with one attached hydrogen (secondary N) is 2. The molecule has 2 aromatic carbocycles. The zero-order valence-corrected chi connectivity index (χ0v) is 18.5. The fourth-order valence-corrected chi connectivity index (χ4v) is 3.60. The number of rotatable bonds is 8. The molecule has 0 bridgehead atoms. The van der Waals surface area contributed by atoms with E-state index in [2.05, 4.69) is 17.3 Å². The number of likely N-dealkylation sites (N-methyl/N-ethyl adjacent to an activating group) is 1. The van der Waals surface area contributed by atoms with E-state index in [9.17, 15) is 4.79 Å². The molecule has 0 spiro atoms. The van der Waals surface area contributed by atoms with Gasteiger partial charge in [-0.15, -0.1) is 0 Å². The molecule has 1 aliphatic rings. The molecule has 0 saturated carbocycles. The Kier molecular flexibility index (Phi) is 8.04. The number of hydrogen-bond donors (Lipinski definition) is 2. The molecule has 7 heteroatoms. The number of benzene rings is 2. The normalized spacial score (nSPS) is 14.3. The van der Waals surface area contributed by atoms with Crippen molar-refractivity contribution >= 4 is 23.1 Å². The number of hydrogen-bond acceptors (Lipinski definition) is 4. The second-order valence-corrected chi connectivity index (χ2v) is 7.78. The number of amides is 1. The summed E-state index contributed by atoms with van der Waals surface area (Å²) in [5.41, 5.74) is 1.98. The Morgan fingerprint density at radius 2 is 1.83 bits per heavy atom. The van der Waals surface area contributed by atoms with Crippen molar-refractivity contribution in [3.05, 3.63) is 59.7 Å². The first kappa shape index (κ1) is 22.1. The van der Waals surface area contributed by atoms with Crippen LogP contribution in [0.15, 0.2) is 48.5 Å². The van der Waals surface area contributed by atoms with Crippen molar-refractivity contribution in [2.45, 2.75) is 13.5 Å². The maximum atomic E-state index is 12.2. The summed E-state index contributed by atoms with van der Waals surface area (Å²) < 4.78 is 11.5. The molecule has 3 rings (SSSR count). The van der Waals surface area contributed by atoms with Crippen molar-refractivity contribution in [2.75, 3.05) is 46.4 Å². The maximum absolute atomic E-state index is 12.2. The van der Waals surface area contributed by atoms with E-state index in [0.717, 1.165) is 42.3 Å². The van der Waals surface area contributed by atoms with Crippen molar-refractivity contribution in [2.24, 2.45) is 0 Å². The van der Waals surface area contributed by atoms with Crippen LogP contribution in [-0.2, 0) is 11.3 Å². The minimum absolute atomic E-state index is 0.0715. The van der Waals surface area contributed by atoms with Gasteiger partial charge in [0.2, 0.25) is 0 Å². The maximum Gasteiger partial charge on any atom is 0.258 e. The third kappa shape index (κ3) is 6.18. The molecule has 1 fully saturated rings. The summed E-state index contributed by atoms with van der Waals surface area (Å²) in [4.78, 5) is 16.8. The summed E-state index contributed by atoms with van der Waals surface area (Å²) in [5, 5.41) is 2.86. The molecule has 1 aliphatic heterocycles. The summed E-state index contributed by atoms with van der Waals surface area (Å²) in [6.45, 7) is 6.90. The SMILES string of the molecule is CCOc1cc(C(=S)N2CC[NH+](C)CC2)ccc1OCC(=O)NCc1ccccc1. The summed E-state index contributed by atoms with van der Waals surface area (Å²) in [7, 11) is 2.20. The quantitative estimate of drug-likeness (QED) is 0.621. The van der Waals surface area contributed by atoms with E-state index in [4.69, 9.17) is 21.7 Å². The van der Waals surface area contributed by atoms with Gasteiger partial charge >= 0.3 is 0 Å². The fourth-order valence-electron chi connectivity index (χ4n) is 3.29. The number of thiocarbonyl (C=S) groups is 1. The van der Waals surface area contributed by atoms with Gasteiger partial charge in [0.1, 0.15) is 4.99 Å². The number of piperazine rings is 1. The van der Waals surface area contributed by atoms with Crippen LogP contribution in [0.4, 0.5) is 0 Å². The van der Waals surface area contributed by atoms with Gasteiger partial charge in [0.05, 0.1) is 39.8 Å². The molecule has 1 heterocycles. The Hall–Kier alpha value is -2.64. The van der Waals surface area contributed by atoms with Crippen molar-refractivity contribution in [1.29, 1.82) is 0 Å². The van der Waals surface area contributed by atoms with Crippen LogP contribution in [0, 0.1) is 0 Å². The van der Waals surface area contributed by atoms with Crippen LogP contribution in [0.2, 0.25) is 0 Å². The highest BCUT2D eigenvalue weighted by Gasteiger charge is 2.21. The molecule has 0 radical (unpaired) electrons. The Balaban J connectivity index is 1.59. The molecule has 0 atom stereocenters. The number of ether oxygens (including phenoxy) is 2. The van der Waals surface area contributed by atoms with Crippen LogP contribution in [0.5, 0.6) is 11.5 Å². The molecular formula is C23H30N3O3S+. The minimum Gasteiger partial charge on any atom is -0.490 e. The van der Waals surface area contributed by atoms with Crippen LogP contribution >= 0.6 is 12.2 Å². The lowest BCUT2D eigenvalue weighted by Crippen LogP contribution is -3.12. The summed E-state index contributed by atoms with van der Waals surface area (Å²) in [6, 6.07) is 15.5. The molecule has 30 heavy (non-hydrogen) atoms. The van der Waals surface area contributed by atoms with Gasteiger partial charge in [0.25, 0.3) is 5.91 Å². The van der Waals surface area contributed by atoms with Gasteiger partial charge in [-0.2, -0.15) is 0 Å². The largest absolute Gasteiger partial charge is 0.490 e. The highest BCUT2D eigenvalue weighted by atomic mass is 32.1. The first-order valence-electron chi connectivity index (χ1n) is 10.4. The third-order valence-corrected chi connectivity index (χ3v) is 5.58. The third-order valence-electron chi connectivity index (χ3n) is 5.09. The molecular weight excluding hydrogens is 398 g/mol. The van der Waals surface area contributed by atoms with E-state index in [0.29, 0.717) is 24.7 Å². The van der Waals surface area contributed by atoms with E-state index >= 15 is 0 Å². The molecule has 1 amide bonds. The van der Waals surface area contributed by atoms with Gasteiger partial charge in [-0.1, -0.05) is 42.5 Å². The zero-order valence-electron chi connectivity index (χ0n) is 17.6. The minimum atomic E-state index is -0.180. The Labute approximate surface area is 183 Å². The van der Waals surface area contributed by atoms with Crippen molar-refractivity contribution in [3.63, 3.8) is 0 Å². The highest BCUT2D eigenvalue weighted by molar-refractivity contribution is 7.80. The van der Waals surface area contributed by atoms with Crippen molar-refractivity contribution in [3.8, 4) is 11.5 Å². The number of nitrogens with zero attached hydrogens (tertiary/aromatic N) is 1. The number of carbonyl (C=O) groups excluding carboxylic acids is 1. The second-order valence-electron chi connectivity index (χ2n) is 7.39. The predicted molar refractivity (Wildman–Crippen MR) is 121 cm³/mol. The first-order chi connectivity index (χ1) is 14.6. The van der Waals surface area contributed by atoms with E-state index in [1.54, 1.807) is 0 Å². The van der Waals surface area contributed by atoms with Gasteiger partial charge in [0, 0.05) is 12.1 Å². The monoisotopic (exact) mass is 428 g/mol. The average Bonchev–Trinajstić information content (AvgIpc) is 2.77. The van der Waals surface area contributed by atoms with Crippen molar-refractivity contribution in [1.82, 2.24) is 10.2 Å². The fraction of sp³-hybridized carbons (Fsp3) is 0.391. The summed E-state index contributed by atoms with van der Waals surface area (Å²) in [6.07, 6.45) is 0. The molecule has 1 saturated heterocycles. The molecule has 0 aromatic heterocycles. The Morgan fingerprint density at radius 3 is 2.53 bits per heavy atom. The molecule has 2 aromatic rings. The van der Waals surface area contributed by atoms with Gasteiger partial charge in [-0.3, -0.25) is 4.79 Å². The molecule has 0 aliphatic carbocycles. The van der Waals surface area contributed by atoms with Crippen LogP contribution in [0.1, 0.15) is 18.1 Å². The lowest BCUT2D eigenvalue weighted by molar-refractivity contribution is -0.883. The van der Waals surface area contributed by atoms with E-state index in [1.807, 2.05) is 55.5 Å². The van der Waals surface area contributed by atoms with Crippen molar-refractivity contribution < 1.29 is 19.2 Å². The summed E-state index contributed by atoms with van der Waals surface area (Å²) in [5.74, 6) is 0.967. The topological polar surface area (TPSA) is 55.2 Å². The highest BCUT2D eigenvalue weighted by Crippen LogP contribution is 2.29. The van der Waals surface area contributed by atoms with Gasteiger partial charge in [-0.25, -0.2) is 0 Å². The molecule has 0 unspecified atom stereocenters. The van der Waals surface area contributed by atoms with E-state index in [-0.39, 0.29) is 12.5 Å². The Morgan fingerprint density at radius 1 is 1.10 bits per heavy atom. The van der Waals surface area contributed by atoms with Crippen LogP contribution in [-0.4, -0.2) is 62.2 Å². The van der Waals surface area contributed by atoms with Crippen LogP contribution in [0.25, 0.3) is 0 Å². The summed E-state index contributed by atoms with van der Waals surface area (Å²) >= 11 is 5.71. The lowest BCUT2D eigenvalue weighted by atomic mass is 10.1. The zero-order chi connectivity index (χ0) is 21.3. The second kappa shape index (κ2) is 10.9. The molecule has 2 N–H and O–H groups in total. The standard InChI is InChI=1S/C23H29N3O3S/c1-3-28-21-15-19(23(30)26-13-11-25(2)12-14-26)9-10-20(21)29-17-22(27)24-16-18-7-5-4-6-8-18/h4-10,15H,3,11-14,16-17H2,1-2H3,(H,24,27)/p+1. The predicted octanol–water partition coefficient (Wildman–Crippen LogP) is 1.29. The van der Waals surface area contributed by atoms with E-state index < -0.39 is 0 Å². The number of carbonyl (C=O) groups is 1. The lowest BCUT2D eigenvalue weighted by Gasteiger charge is -2.32.